The van der Waals surface area contributed by atoms with Gasteiger partial charge in [0, 0.05) is 51.5 Å². The van der Waals surface area contributed by atoms with Gasteiger partial charge in [-0.2, -0.15) is 5.10 Å². The highest BCUT2D eigenvalue weighted by Crippen LogP contribution is 2.37. The lowest BCUT2D eigenvalue weighted by Gasteiger charge is -2.27. The molecule has 2 fully saturated rings. The van der Waals surface area contributed by atoms with Crippen LogP contribution in [0.1, 0.15) is 37.4 Å². The molecular formula is C26H35N5O. The van der Waals surface area contributed by atoms with Crippen LogP contribution in [-0.2, 0) is 11.2 Å². The number of rotatable bonds is 8. The molecule has 1 aliphatic heterocycles. The van der Waals surface area contributed by atoms with Gasteiger partial charge in [0.05, 0.1) is 29.2 Å². The van der Waals surface area contributed by atoms with Gasteiger partial charge in [-0.05, 0) is 62.3 Å². The molecule has 0 amide bonds. The van der Waals surface area contributed by atoms with Crippen LogP contribution in [0.3, 0.4) is 0 Å². The standard InChI is InChI=1S/C26H35N5O/c1-5-22-26(30(15-19-9-10-19)16-20-11-12-32-17-20)24-8-6-7-23(31(24)28-22)21-14-27-25(29(3)4)13-18(21)2/h6-8,13-14,19-20H,5,9-12,15-17H2,1-4H3. The minimum absolute atomic E-state index is 0.613. The molecule has 6 nitrogen and oxygen atoms in total. The summed E-state index contributed by atoms with van der Waals surface area (Å²) in [6.45, 7) is 8.36. The monoisotopic (exact) mass is 433 g/mol. The summed E-state index contributed by atoms with van der Waals surface area (Å²) in [4.78, 5) is 9.35. The van der Waals surface area contributed by atoms with E-state index in [9.17, 15) is 0 Å². The lowest BCUT2D eigenvalue weighted by Crippen LogP contribution is -2.32. The van der Waals surface area contributed by atoms with Crippen LogP contribution in [0.5, 0.6) is 0 Å². The molecular weight excluding hydrogens is 398 g/mol. The van der Waals surface area contributed by atoms with Gasteiger partial charge < -0.3 is 14.5 Å². The SMILES string of the molecule is CCc1nn2c(-c3cnc(N(C)C)cc3C)cccc2c1N(CC1CC1)CC1CCOC1. The normalized spacial score (nSPS) is 18.4. The van der Waals surface area contributed by atoms with Crippen molar-refractivity contribution in [2.24, 2.45) is 11.8 Å². The third-order valence-electron chi connectivity index (χ3n) is 6.86. The van der Waals surface area contributed by atoms with Gasteiger partial charge in [0.1, 0.15) is 5.82 Å². The Kier molecular flexibility index (Phi) is 5.80. The summed E-state index contributed by atoms with van der Waals surface area (Å²) in [7, 11) is 4.05. The second-order valence-electron chi connectivity index (χ2n) is 9.69. The number of anilines is 2. The van der Waals surface area contributed by atoms with Gasteiger partial charge in [0.2, 0.25) is 0 Å². The Balaban J connectivity index is 1.59. The Bertz CT molecular complexity index is 1100. The molecule has 2 aliphatic rings. The van der Waals surface area contributed by atoms with Crippen LogP contribution in [0.15, 0.2) is 30.5 Å². The molecule has 0 N–H and O–H groups in total. The van der Waals surface area contributed by atoms with Gasteiger partial charge in [-0.25, -0.2) is 9.50 Å². The molecule has 1 aliphatic carbocycles. The Morgan fingerprint density at radius 2 is 1.94 bits per heavy atom. The van der Waals surface area contributed by atoms with E-state index in [1.165, 1.54) is 35.3 Å². The molecule has 1 unspecified atom stereocenters. The van der Waals surface area contributed by atoms with Crippen molar-refractivity contribution in [3.63, 3.8) is 0 Å². The quantitative estimate of drug-likeness (QED) is 0.520. The molecule has 0 radical (unpaired) electrons. The van der Waals surface area contributed by atoms with Gasteiger partial charge in [-0.15, -0.1) is 0 Å². The van der Waals surface area contributed by atoms with Crippen molar-refractivity contribution < 1.29 is 4.74 Å². The lowest BCUT2D eigenvalue weighted by molar-refractivity contribution is 0.186. The maximum atomic E-state index is 5.70. The average Bonchev–Trinajstić information content (AvgIpc) is 3.30. The summed E-state index contributed by atoms with van der Waals surface area (Å²) in [5.41, 5.74) is 7.17. The van der Waals surface area contributed by atoms with Crippen molar-refractivity contribution in [3.05, 3.63) is 41.7 Å². The number of fused-ring (bicyclic) bond motifs is 1. The van der Waals surface area contributed by atoms with E-state index in [0.717, 1.165) is 62.1 Å². The van der Waals surface area contributed by atoms with Crippen LogP contribution in [0.25, 0.3) is 16.8 Å². The van der Waals surface area contributed by atoms with E-state index in [1.807, 2.05) is 25.2 Å². The van der Waals surface area contributed by atoms with E-state index in [2.05, 4.69) is 52.5 Å². The highest BCUT2D eigenvalue weighted by atomic mass is 16.5. The minimum Gasteiger partial charge on any atom is -0.381 e. The Morgan fingerprint density at radius 3 is 2.59 bits per heavy atom. The van der Waals surface area contributed by atoms with Gasteiger partial charge in [-0.3, -0.25) is 0 Å². The molecule has 1 atom stereocenters. The summed E-state index contributed by atoms with van der Waals surface area (Å²) >= 11 is 0. The van der Waals surface area contributed by atoms with Gasteiger partial charge >= 0.3 is 0 Å². The first kappa shape index (κ1) is 21.3. The molecule has 3 aromatic rings. The zero-order valence-corrected chi connectivity index (χ0v) is 19.8. The molecule has 3 aromatic heterocycles. The molecule has 0 spiro atoms. The summed E-state index contributed by atoms with van der Waals surface area (Å²) in [5.74, 6) is 2.41. The summed E-state index contributed by atoms with van der Waals surface area (Å²) in [6, 6.07) is 8.72. The molecule has 4 heterocycles. The van der Waals surface area contributed by atoms with Gasteiger partial charge in [0.25, 0.3) is 0 Å². The topological polar surface area (TPSA) is 45.9 Å². The van der Waals surface area contributed by atoms with E-state index in [4.69, 9.17) is 9.84 Å². The first-order valence-corrected chi connectivity index (χ1v) is 12.0. The number of ether oxygens (including phenoxy) is 1. The van der Waals surface area contributed by atoms with Crippen molar-refractivity contribution in [3.8, 4) is 11.3 Å². The number of pyridine rings is 2. The van der Waals surface area contributed by atoms with E-state index in [-0.39, 0.29) is 0 Å². The van der Waals surface area contributed by atoms with Crippen molar-refractivity contribution in [2.45, 2.75) is 39.5 Å². The number of aromatic nitrogens is 3. The Labute approximate surface area is 191 Å². The van der Waals surface area contributed by atoms with Crippen LogP contribution in [0.4, 0.5) is 11.5 Å². The van der Waals surface area contributed by atoms with E-state index in [1.54, 1.807) is 0 Å². The number of hydrogen-bond donors (Lipinski definition) is 0. The van der Waals surface area contributed by atoms with Crippen LogP contribution >= 0.6 is 0 Å². The number of aryl methyl sites for hydroxylation is 2. The smallest absolute Gasteiger partial charge is 0.128 e. The largest absolute Gasteiger partial charge is 0.381 e. The van der Waals surface area contributed by atoms with E-state index in [0.29, 0.717) is 5.92 Å². The van der Waals surface area contributed by atoms with Crippen molar-refractivity contribution in [2.75, 3.05) is 50.2 Å². The van der Waals surface area contributed by atoms with E-state index < -0.39 is 0 Å². The second kappa shape index (κ2) is 8.74. The summed E-state index contributed by atoms with van der Waals surface area (Å²) in [6.07, 6.45) is 6.79. The first-order chi connectivity index (χ1) is 15.5. The van der Waals surface area contributed by atoms with Gasteiger partial charge in [-0.1, -0.05) is 13.0 Å². The third kappa shape index (κ3) is 4.08. The minimum atomic E-state index is 0.613. The number of hydrogen-bond acceptors (Lipinski definition) is 5. The predicted molar refractivity (Wildman–Crippen MR) is 131 cm³/mol. The molecule has 0 bridgehead atoms. The Hall–Kier alpha value is -2.60. The summed E-state index contributed by atoms with van der Waals surface area (Å²) < 4.78 is 7.85. The Morgan fingerprint density at radius 1 is 1.12 bits per heavy atom. The molecule has 1 saturated heterocycles. The average molecular weight is 434 g/mol. The molecule has 0 aromatic carbocycles. The second-order valence-corrected chi connectivity index (χ2v) is 9.69. The third-order valence-corrected chi connectivity index (χ3v) is 6.86. The van der Waals surface area contributed by atoms with Crippen molar-refractivity contribution in [1.29, 1.82) is 0 Å². The first-order valence-electron chi connectivity index (χ1n) is 12.0. The van der Waals surface area contributed by atoms with Crippen molar-refractivity contribution >= 4 is 17.0 Å². The summed E-state index contributed by atoms with van der Waals surface area (Å²) in [5, 5.41) is 5.13. The number of nitrogens with zero attached hydrogens (tertiary/aromatic N) is 5. The fourth-order valence-electron chi connectivity index (χ4n) is 4.85. The van der Waals surface area contributed by atoms with Crippen molar-refractivity contribution in [1.82, 2.24) is 14.6 Å². The zero-order valence-electron chi connectivity index (χ0n) is 19.8. The highest BCUT2D eigenvalue weighted by Gasteiger charge is 2.30. The molecule has 6 heteroatoms. The maximum Gasteiger partial charge on any atom is 0.128 e. The fraction of sp³-hybridized carbons (Fsp3) is 0.538. The molecule has 5 rings (SSSR count). The molecule has 1 saturated carbocycles. The zero-order chi connectivity index (χ0) is 22.2. The van der Waals surface area contributed by atoms with Crippen LogP contribution < -0.4 is 9.80 Å². The highest BCUT2D eigenvalue weighted by molar-refractivity contribution is 5.80. The van der Waals surface area contributed by atoms with Gasteiger partial charge in [0.15, 0.2) is 0 Å². The van der Waals surface area contributed by atoms with Crippen LogP contribution in [0.2, 0.25) is 0 Å². The van der Waals surface area contributed by atoms with Crippen LogP contribution in [0, 0.1) is 18.8 Å². The van der Waals surface area contributed by atoms with E-state index >= 15 is 0 Å². The molecule has 170 valence electrons. The maximum absolute atomic E-state index is 5.70. The lowest BCUT2D eigenvalue weighted by atomic mass is 10.1. The fourth-order valence-corrected chi connectivity index (χ4v) is 4.85. The van der Waals surface area contributed by atoms with Crippen LogP contribution in [-0.4, -0.2) is 55.0 Å². The molecule has 32 heavy (non-hydrogen) atoms. The predicted octanol–water partition coefficient (Wildman–Crippen LogP) is 4.59.